The van der Waals surface area contributed by atoms with Crippen molar-refractivity contribution in [2.24, 2.45) is 0 Å². The molecule has 0 unspecified atom stereocenters. The number of fused-ring (bicyclic) bond motifs is 1. The van der Waals surface area contributed by atoms with Crippen LogP contribution in [0.5, 0.6) is 0 Å². The van der Waals surface area contributed by atoms with Crippen LogP contribution in [-0.4, -0.2) is 9.97 Å². The predicted octanol–water partition coefficient (Wildman–Crippen LogP) is 4.60. The summed E-state index contributed by atoms with van der Waals surface area (Å²) in [6.45, 7) is 0. The molecule has 2 nitrogen and oxygen atoms in total. The van der Waals surface area contributed by atoms with Crippen molar-refractivity contribution < 1.29 is 0 Å². The molecule has 0 atom stereocenters. The normalized spacial score (nSPS) is 10.8. The fourth-order valence-corrected chi connectivity index (χ4v) is 2.13. The first-order valence-electron chi connectivity index (χ1n) is 5.42. The summed E-state index contributed by atoms with van der Waals surface area (Å²) in [5.41, 5.74) is 1.73. The van der Waals surface area contributed by atoms with Gasteiger partial charge in [0.05, 0.1) is 5.52 Å². The molecule has 3 rings (SSSR count). The Hall–Kier alpha value is -1.64. The number of hydrogen-bond donors (Lipinski definition) is 0. The van der Waals surface area contributed by atoms with Crippen LogP contribution < -0.4 is 0 Å². The molecule has 3 aromatic rings. The van der Waals surface area contributed by atoms with Gasteiger partial charge in [-0.2, -0.15) is 0 Å². The number of aromatic nitrogens is 2. The molecule has 18 heavy (non-hydrogen) atoms. The van der Waals surface area contributed by atoms with Crippen LogP contribution in [0.2, 0.25) is 10.2 Å². The van der Waals surface area contributed by atoms with Crippen molar-refractivity contribution in [1.29, 1.82) is 0 Å². The van der Waals surface area contributed by atoms with E-state index in [-0.39, 0.29) is 0 Å². The highest BCUT2D eigenvalue weighted by Gasteiger charge is 2.07. The highest BCUT2D eigenvalue weighted by atomic mass is 35.5. The van der Waals surface area contributed by atoms with Crippen LogP contribution in [0, 0.1) is 0 Å². The third kappa shape index (κ3) is 2.05. The van der Waals surface area contributed by atoms with Crippen molar-refractivity contribution in [1.82, 2.24) is 9.97 Å². The Labute approximate surface area is 114 Å². The first kappa shape index (κ1) is 11.5. The van der Waals surface area contributed by atoms with Crippen molar-refractivity contribution in [2.75, 3.05) is 0 Å². The van der Waals surface area contributed by atoms with Gasteiger partial charge in [0, 0.05) is 16.0 Å². The molecule has 0 aliphatic carbocycles. The lowest BCUT2D eigenvalue weighted by Crippen LogP contribution is -1.91. The van der Waals surface area contributed by atoms with Gasteiger partial charge in [0.15, 0.2) is 5.82 Å². The lowest BCUT2D eigenvalue weighted by atomic mass is 10.2. The van der Waals surface area contributed by atoms with Gasteiger partial charge in [-0.3, -0.25) is 0 Å². The molecule has 0 spiro atoms. The van der Waals surface area contributed by atoms with Crippen LogP contribution in [0.1, 0.15) is 0 Å². The Bertz CT molecular complexity index is 709. The summed E-state index contributed by atoms with van der Waals surface area (Å²) in [6, 6.07) is 15.0. The summed E-state index contributed by atoms with van der Waals surface area (Å²) in [5, 5.41) is 2.01. The fourth-order valence-electron chi connectivity index (χ4n) is 1.77. The van der Waals surface area contributed by atoms with E-state index in [0.717, 1.165) is 16.5 Å². The zero-order valence-electron chi connectivity index (χ0n) is 9.27. The third-order valence-corrected chi connectivity index (χ3v) is 3.20. The molecule has 0 aliphatic rings. The van der Waals surface area contributed by atoms with Gasteiger partial charge in [0.25, 0.3) is 0 Å². The quantitative estimate of drug-likeness (QED) is 0.606. The predicted molar refractivity (Wildman–Crippen MR) is 75.0 cm³/mol. The van der Waals surface area contributed by atoms with Crippen LogP contribution in [0.25, 0.3) is 22.3 Å². The van der Waals surface area contributed by atoms with E-state index in [9.17, 15) is 0 Å². The summed E-state index contributed by atoms with van der Waals surface area (Å²) < 4.78 is 0. The maximum Gasteiger partial charge on any atom is 0.161 e. The van der Waals surface area contributed by atoms with E-state index in [4.69, 9.17) is 23.2 Å². The molecular formula is C14H8Cl2N2. The SMILES string of the molecule is Clc1ccc(-c2nc(Cl)c3ccccc3n2)cc1. The smallest absolute Gasteiger partial charge is 0.161 e. The maximum atomic E-state index is 6.17. The number of halogens is 2. The van der Waals surface area contributed by atoms with E-state index in [2.05, 4.69) is 9.97 Å². The molecule has 0 saturated heterocycles. The minimum Gasteiger partial charge on any atom is -0.228 e. The highest BCUT2D eigenvalue weighted by molar-refractivity contribution is 6.34. The second-order valence-electron chi connectivity index (χ2n) is 3.86. The minimum atomic E-state index is 0.463. The first-order valence-corrected chi connectivity index (χ1v) is 6.18. The Kier molecular flexibility index (Phi) is 2.90. The molecule has 0 fully saturated rings. The van der Waals surface area contributed by atoms with Gasteiger partial charge in [-0.25, -0.2) is 9.97 Å². The molecule has 1 heterocycles. The molecule has 0 aliphatic heterocycles. The van der Waals surface area contributed by atoms with Gasteiger partial charge in [0.1, 0.15) is 5.15 Å². The van der Waals surface area contributed by atoms with Gasteiger partial charge in [-0.1, -0.05) is 35.3 Å². The number of benzene rings is 2. The van der Waals surface area contributed by atoms with E-state index >= 15 is 0 Å². The lowest BCUT2D eigenvalue weighted by molar-refractivity contribution is 1.23. The second kappa shape index (κ2) is 4.56. The molecule has 0 amide bonds. The molecular weight excluding hydrogens is 267 g/mol. The van der Waals surface area contributed by atoms with Crippen molar-refractivity contribution in [2.45, 2.75) is 0 Å². The molecule has 1 aromatic heterocycles. The summed E-state index contributed by atoms with van der Waals surface area (Å²) in [5.74, 6) is 0.607. The molecule has 88 valence electrons. The number of hydrogen-bond acceptors (Lipinski definition) is 2. The van der Waals surface area contributed by atoms with Gasteiger partial charge in [-0.15, -0.1) is 0 Å². The molecule has 4 heteroatoms. The molecule has 0 N–H and O–H groups in total. The summed E-state index contributed by atoms with van der Waals surface area (Å²) in [7, 11) is 0. The largest absolute Gasteiger partial charge is 0.228 e. The van der Waals surface area contributed by atoms with Gasteiger partial charge < -0.3 is 0 Å². The van der Waals surface area contributed by atoms with Gasteiger partial charge in [-0.05, 0) is 36.4 Å². The Morgan fingerprint density at radius 1 is 0.778 bits per heavy atom. The van der Waals surface area contributed by atoms with E-state index in [1.165, 1.54) is 0 Å². The van der Waals surface area contributed by atoms with Crippen molar-refractivity contribution >= 4 is 34.1 Å². The van der Waals surface area contributed by atoms with E-state index in [1.54, 1.807) is 0 Å². The molecule has 0 radical (unpaired) electrons. The average molecular weight is 275 g/mol. The van der Waals surface area contributed by atoms with Gasteiger partial charge >= 0.3 is 0 Å². The summed E-state index contributed by atoms with van der Waals surface area (Å²) in [6.07, 6.45) is 0. The Morgan fingerprint density at radius 3 is 2.28 bits per heavy atom. The zero-order chi connectivity index (χ0) is 12.5. The molecule has 0 bridgehead atoms. The van der Waals surface area contributed by atoms with E-state index in [1.807, 2.05) is 48.5 Å². The highest BCUT2D eigenvalue weighted by Crippen LogP contribution is 2.25. The standard InChI is InChI=1S/C14H8Cl2N2/c15-10-7-5-9(6-8-10)14-17-12-4-2-1-3-11(12)13(16)18-14/h1-8H. The van der Waals surface area contributed by atoms with Crippen molar-refractivity contribution in [3.63, 3.8) is 0 Å². The van der Waals surface area contributed by atoms with Crippen LogP contribution >= 0.6 is 23.2 Å². The monoisotopic (exact) mass is 274 g/mol. The second-order valence-corrected chi connectivity index (χ2v) is 4.66. The zero-order valence-corrected chi connectivity index (χ0v) is 10.8. The molecule has 0 saturated carbocycles. The molecule has 2 aromatic carbocycles. The summed E-state index contributed by atoms with van der Waals surface area (Å²) in [4.78, 5) is 8.81. The summed E-state index contributed by atoms with van der Waals surface area (Å²) >= 11 is 12.0. The average Bonchev–Trinajstić information content (AvgIpc) is 2.39. The fraction of sp³-hybridized carbons (Fsp3) is 0. The topological polar surface area (TPSA) is 25.8 Å². The Morgan fingerprint density at radius 2 is 1.50 bits per heavy atom. The first-order chi connectivity index (χ1) is 8.74. The third-order valence-electron chi connectivity index (χ3n) is 2.66. The minimum absolute atomic E-state index is 0.463. The number of para-hydroxylation sites is 1. The maximum absolute atomic E-state index is 6.17. The van der Waals surface area contributed by atoms with Crippen molar-refractivity contribution in [3.05, 3.63) is 58.7 Å². The van der Waals surface area contributed by atoms with Crippen LogP contribution in [0.15, 0.2) is 48.5 Å². The Balaban J connectivity index is 2.21. The van der Waals surface area contributed by atoms with Crippen molar-refractivity contribution in [3.8, 4) is 11.4 Å². The van der Waals surface area contributed by atoms with Crippen LogP contribution in [0.3, 0.4) is 0 Å². The number of nitrogens with zero attached hydrogens (tertiary/aromatic N) is 2. The van der Waals surface area contributed by atoms with E-state index in [0.29, 0.717) is 16.0 Å². The lowest BCUT2D eigenvalue weighted by Gasteiger charge is -2.04. The van der Waals surface area contributed by atoms with Crippen LogP contribution in [0.4, 0.5) is 0 Å². The van der Waals surface area contributed by atoms with E-state index < -0.39 is 0 Å². The van der Waals surface area contributed by atoms with Gasteiger partial charge in [0.2, 0.25) is 0 Å². The number of rotatable bonds is 1. The van der Waals surface area contributed by atoms with Crippen LogP contribution in [-0.2, 0) is 0 Å².